The van der Waals surface area contributed by atoms with Crippen LogP contribution in [0.25, 0.3) is 0 Å². The maximum Gasteiger partial charge on any atom is 0.241 e. The summed E-state index contributed by atoms with van der Waals surface area (Å²) in [7, 11) is -3.62. The monoisotopic (exact) mass is 361 g/mol. The number of halogens is 1. The molecule has 1 aliphatic heterocycles. The van der Waals surface area contributed by atoms with Crippen molar-refractivity contribution < 1.29 is 13.2 Å². The summed E-state index contributed by atoms with van der Waals surface area (Å²) in [6.45, 7) is 0.707. The molecule has 1 amide bonds. The van der Waals surface area contributed by atoms with Crippen LogP contribution in [0.3, 0.4) is 0 Å². The number of aryl methyl sites for hydroxylation is 1. The fraction of sp³-hybridized carbons (Fsp3) is 0.417. The lowest BCUT2D eigenvalue weighted by Gasteiger charge is -2.19. The van der Waals surface area contributed by atoms with Crippen LogP contribution in [-0.4, -0.2) is 27.4 Å². The number of carbonyl (C=O) groups is 1. The number of hydrogen-bond donors (Lipinski definition) is 3. The van der Waals surface area contributed by atoms with E-state index >= 15 is 0 Å². The van der Waals surface area contributed by atoms with E-state index < -0.39 is 10.0 Å². The van der Waals surface area contributed by atoms with Gasteiger partial charge in [0.05, 0.1) is 4.90 Å². The molecule has 4 N–H and O–H groups in total. The largest absolute Gasteiger partial charge is 0.330 e. The fourth-order valence-corrected chi connectivity index (χ4v) is 4.16. The second kappa shape index (κ2) is 6.21. The van der Waals surface area contributed by atoms with Gasteiger partial charge in [0.1, 0.15) is 0 Å². The van der Waals surface area contributed by atoms with Crippen LogP contribution in [-0.2, 0) is 21.2 Å². The van der Waals surface area contributed by atoms with Crippen LogP contribution in [0.15, 0.2) is 21.5 Å². The van der Waals surface area contributed by atoms with Crippen LogP contribution in [0, 0.1) is 0 Å². The summed E-state index contributed by atoms with van der Waals surface area (Å²) >= 11 is 3.28. The molecule has 0 saturated heterocycles. The first-order valence-corrected chi connectivity index (χ1v) is 8.53. The Morgan fingerprint density at radius 2 is 2.10 bits per heavy atom. The predicted octanol–water partition coefficient (Wildman–Crippen LogP) is 0.961. The summed E-state index contributed by atoms with van der Waals surface area (Å²) in [5.41, 5.74) is 6.83. The molecule has 8 heteroatoms. The van der Waals surface area contributed by atoms with Gasteiger partial charge in [0.15, 0.2) is 0 Å². The second-order valence-corrected chi connectivity index (χ2v) is 7.12. The summed E-state index contributed by atoms with van der Waals surface area (Å²) in [5.74, 6) is -0.0979. The van der Waals surface area contributed by atoms with E-state index in [0.29, 0.717) is 36.0 Å². The first-order chi connectivity index (χ1) is 9.44. The number of nitrogens with one attached hydrogen (secondary N) is 2. The van der Waals surface area contributed by atoms with Crippen molar-refractivity contribution >= 4 is 37.5 Å². The van der Waals surface area contributed by atoms with E-state index in [4.69, 9.17) is 5.73 Å². The van der Waals surface area contributed by atoms with Crippen LogP contribution in [0.1, 0.15) is 18.4 Å². The topological polar surface area (TPSA) is 101 Å². The third-order valence-corrected chi connectivity index (χ3v) is 5.44. The Labute approximate surface area is 126 Å². The summed E-state index contributed by atoms with van der Waals surface area (Å²) in [6, 6.07) is 3.23. The highest BCUT2D eigenvalue weighted by atomic mass is 79.9. The zero-order chi connectivity index (χ0) is 14.8. The van der Waals surface area contributed by atoms with Crippen LogP contribution in [0.2, 0.25) is 0 Å². The van der Waals surface area contributed by atoms with E-state index in [-0.39, 0.29) is 17.3 Å². The van der Waals surface area contributed by atoms with Gasteiger partial charge in [-0.05, 0) is 53.0 Å². The standard InChI is InChI=1S/C12H16BrN3O3S/c13-9-6-8-2-3-12(17)16-10(8)7-11(9)20(18,19)15-5-1-4-14/h6-7,15H,1-5,14H2,(H,16,17). The summed E-state index contributed by atoms with van der Waals surface area (Å²) < 4.78 is 27.4. The van der Waals surface area contributed by atoms with Crippen LogP contribution in [0.5, 0.6) is 0 Å². The van der Waals surface area contributed by atoms with E-state index in [2.05, 4.69) is 26.0 Å². The first kappa shape index (κ1) is 15.4. The first-order valence-electron chi connectivity index (χ1n) is 6.26. The molecule has 1 aromatic rings. The summed E-state index contributed by atoms with van der Waals surface area (Å²) in [4.78, 5) is 11.5. The highest BCUT2D eigenvalue weighted by Gasteiger charge is 2.22. The highest BCUT2D eigenvalue weighted by Crippen LogP contribution is 2.31. The molecule has 110 valence electrons. The molecule has 0 bridgehead atoms. The number of sulfonamides is 1. The Morgan fingerprint density at radius 1 is 1.35 bits per heavy atom. The zero-order valence-corrected chi connectivity index (χ0v) is 13.2. The molecule has 20 heavy (non-hydrogen) atoms. The molecule has 0 unspecified atom stereocenters. The van der Waals surface area contributed by atoms with Crippen molar-refractivity contribution in [2.24, 2.45) is 5.73 Å². The number of benzene rings is 1. The summed E-state index contributed by atoms with van der Waals surface area (Å²) in [6.07, 6.45) is 1.60. The van der Waals surface area contributed by atoms with Gasteiger partial charge in [-0.3, -0.25) is 4.79 Å². The van der Waals surface area contributed by atoms with Crippen molar-refractivity contribution in [3.8, 4) is 0 Å². The quantitative estimate of drug-likeness (QED) is 0.679. The molecule has 1 aromatic carbocycles. The van der Waals surface area contributed by atoms with Gasteiger partial charge in [-0.25, -0.2) is 13.1 Å². The molecule has 0 spiro atoms. The van der Waals surface area contributed by atoms with Crippen molar-refractivity contribution in [1.29, 1.82) is 0 Å². The minimum atomic E-state index is -3.62. The van der Waals surface area contributed by atoms with Crippen LogP contribution in [0.4, 0.5) is 5.69 Å². The molecule has 0 fully saturated rings. The normalized spacial score (nSPS) is 14.8. The zero-order valence-electron chi connectivity index (χ0n) is 10.8. The van der Waals surface area contributed by atoms with Crippen molar-refractivity contribution in [1.82, 2.24) is 4.72 Å². The molecule has 2 rings (SSSR count). The molecule has 1 heterocycles. The lowest BCUT2D eigenvalue weighted by Crippen LogP contribution is -2.27. The molecule has 0 aliphatic carbocycles. The van der Waals surface area contributed by atoms with Gasteiger partial charge in [-0.1, -0.05) is 0 Å². The third-order valence-electron chi connectivity index (χ3n) is 3.02. The van der Waals surface area contributed by atoms with Gasteiger partial charge in [-0.15, -0.1) is 0 Å². The number of hydrogen-bond acceptors (Lipinski definition) is 4. The second-order valence-electron chi connectivity index (χ2n) is 4.53. The van der Waals surface area contributed by atoms with Gasteiger partial charge in [0.2, 0.25) is 15.9 Å². The number of nitrogens with two attached hydrogens (primary N) is 1. The average Bonchev–Trinajstić information content (AvgIpc) is 2.38. The molecular formula is C12H16BrN3O3S. The molecule has 0 atom stereocenters. The van der Waals surface area contributed by atoms with E-state index in [1.54, 1.807) is 6.07 Å². The van der Waals surface area contributed by atoms with Crippen molar-refractivity contribution in [2.75, 3.05) is 18.4 Å². The third kappa shape index (κ3) is 3.38. The Morgan fingerprint density at radius 3 is 2.80 bits per heavy atom. The number of carbonyl (C=O) groups excluding carboxylic acids is 1. The Kier molecular flexibility index (Phi) is 4.79. The van der Waals surface area contributed by atoms with Crippen molar-refractivity contribution in [3.63, 3.8) is 0 Å². The molecule has 0 aromatic heterocycles. The smallest absolute Gasteiger partial charge is 0.241 e. The predicted molar refractivity (Wildman–Crippen MR) is 80.0 cm³/mol. The molecular weight excluding hydrogens is 346 g/mol. The van der Waals surface area contributed by atoms with Gasteiger partial charge in [0, 0.05) is 23.1 Å². The Balaban J connectivity index is 2.32. The van der Waals surface area contributed by atoms with E-state index in [9.17, 15) is 13.2 Å². The molecule has 1 aliphatic rings. The van der Waals surface area contributed by atoms with Crippen molar-refractivity contribution in [2.45, 2.75) is 24.2 Å². The summed E-state index contributed by atoms with van der Waals surface area (Å²) in [5, 5.41) is 2.69. The van der Waals surface area contributed by atoms with E-state index in [1.165, 1.54) is 6.07 Å². The SMILES string of the molecule is NCCCNS(=O)(=O)c1cc2c(cc1Br)CCC(=O)N2. The van der Waals surface area contributed by atoms with Gasteiger partial charge >= 0.3 is 0 Å². The number of fused-ring (bicyclic) bond motifs is 1. The fourth-order valence-electron chi connectivity index (χ4n) is 1.97. The minimum absolute atomic E-state index is 0.0979. The molecule has 0 radical (unpaired) electrons. The van der Waals surface area contributed by atoms with Gasteiger partial charge in [0.25, 0.3) is 0 Å². The highest BCUT2D eigenvalue weighted by molar-refractivity contribution is 9.10. The lowest BCUT2D eigenvalue weighted by atomic mass is 10.0. The van der Waals surface area contributed by atoms with E-state index in [0.717, 1.165) is 5.56 Å². The van der Waals surface area contributed by atoms with Crippen LogP contribution >= 0.6 is 15.9 Å². The Bertz CT molecular complexity index is 631. The minimum Gasteiger partial charge on any atom is -0.330 e. The van der Waals surface area contributed by atoms with Gasteiger partial charge < -0.3 is 11.1 Å². The average molecular weight is 362 g/mol. The van der Waals surface area contributed by atoms with Gasteiger partial charge in [-0.2, -0.15) is 0 Å². The molecule has 6 nitrogen and oxygen atoms in total. The molecule has 0 saturated carbocycles. The Hall–Kier alpha value is -0.960. The van der Waals surface area contributed by atoms with Crippen LogP contribution < -0.4 is 15.8 Å². The lowest BCUT2D eigenvalue weighted by molar-refractivity contribution is -0.116. The maximum absolute atomic E-state index is 12.2. The number of amides is 1. The van der Waals surface area contributed by atoms with Crippen molar-refractivity contribution in [3.05, 3.63) is 22.2 Å². The number of anilines is 1. The van der Waals surface area contributed by atoms with E-state index in [1.807, 2.05) is 0 Å². The maximum atomic E-state index is 12.2. The number of rotatable bonds is 5.